The highest BCUT2D eigenvalue weighted by molar-refractivity contribution is 6.30. The summed E-state index contributed by atoms with van der Waals surface area (Å²) in [5, 5.41) is 7.71. The molecule has 0 spiro atoms. The van der Waals surface area contributed by atoms with Gasteiger partial charge < -0.3 is 15.6 Å². The number of nitrogens with one attached hydrogen (secondary N) is 1. The van der Waals surface area contributed by atoms with E-state index < -0.39 is 0 Å². The normalized spacial score (nSPS) is 22.5. The minimum absolute atomic E-state index is 0. The minimum atomic E-state index is -0.107. The minimum Gasteiger partial charge on any atom is -0.361 e. The first-order valence-corrected chi connectivity index (χ1v) is 9.03. The molecule has 1 amide bonds. The summed E-state index contributed by atoms with van der Waals surface area (Å²) >= 11 is 6.15. The number of aromatic nitrogens is 1. The van der Waals surface area contributed by atoms with Crippen LogP contribution in [-0.4, -0.2) is 23.7 Å². The first kappa shape index (κ1) is 20.7. The van der Waals surface area contributed by atoms with Crippen molar-refractivity contribution in [1.29, 1.82) is 0 Å². The monoisotopic (exact) mass is 397 g/mol. The zero-order chi connectivity index (χ0) is 18.0. The highest BCUT2D eigenvalue weighted by Gasteiger charge is 2.36. The van der Waals surface area contributed by atoms with Crippen molar-refractivity contribution >= 4 is 29.9 Å². The maximum Gasteiger partial charge on any atom is 0.257 e. The predicted molar refractivity (Wildman–Crippen MR) is 105 cm³/mol. The molecule has 1 aromatic carbocycles. The van der Waals surface area contributed by atoms with E-state index in [0.29, 0.717) is 23.6 Å². The van der Waals surface area contributed by atoms with Crippen molar-refractivity contribution in [2.24, 2.45) is 5.73 Å². The molecule has 26 heavy (non-hydrogen) atoms. The van der Waals surface area contributed by atoms with Gasteiger partial charge in [0.05, 0.1) is 5.69 Å². The lowest BCUT2D eigenvalue weighted by atomic mass is 9.68. The molecule has 2 aromatic rings. The Bertz CT molecular complexity index is 748. The van der Waals surface area contributed by atoms with Gasteiger partial charge in [-0.05, 0) is 57.2 Å². The molecule has 3 rings (SSSR count). The molecule has 0 bridgehead atoms. The van der Waals surface area contributed by atoms with E-state index in [4.69, 9.17) is 21.9 Å². The first-order chi connectivity index (χ1) is 11.9. The molecule has 7 heteroatoms. The standard InChI is InChI=1S/C19H24ClN3O2.ClH/c1-12-17(13(2)25-23-12)18(24)22-16-6-8-19(11-21,9-7-16)14-4-3-5-15(20)10-14;/h3-5,10,16H,6-9,11,21H2,1-2H3,(H,22,24);1H/t16-,19+;. The van der Waals surface area contributed by atoms with Crippen molar-refractivity contribution in [2.45, 2.75) is 51.0 Å². The summed E-state index contributed by atoms with van der Waals surface area (Å²) in [4.78, 5) is 12.5. The topological polar surface area (TPSA) is 81.2 Å². The Morgan fingerprint density at radius 3 is 2.62 bits per heavy atom. The molecule has 1 aliphatic carbocycles. The van der Waals surface area contributed by atoms with Crippen LogP contribution in [0.4, 0.5) is 0 Å². The Hall–Kier alpha value is -1.56. The molecule has 0 unspecified atom stereocenters. The summed E-state index contributed by atoms with van der Waals surface area (Å²) in [6.45, 7) is 4.12. The number of nitrogens with zero attached hydrogens (tertiary/aromatic N) is 1. The number of halogens is 2. The molecule has 5 nitrogen and oxygen atoms in total. The Balaban J connectivity index is 0.00000243. The van der Waals surface area contributed by atoms with Crippen LogP contribution in [0.25, 0.3) is 0 Å². The second-order valence-electron chi connectivity index (χ2n) is 6.94. The van der Waals surface area contributed by atoms with Crippen LogP contribution in [0.15, 0.2) is 28.8 Å². The van der Waals surface area contributed by atoms with Crippen LogP contribution >= 0.6 is 24.0 Å². The van der Waals surface area contributed by atoms with Gasteiger partial charge in [0.15, 0.2) is 0 Å². The van der Waals surface area contributed by atoms with E-state index >= 15 is 0 Å². The molecule has 0 radical (unpaired) electrons. The van der Waals surface area contributed by atoms with Gasteiger partial charge in [-0.15, -0.1) is 12.4 Å². The number of carbonyl (C=O) groups is 1. The molecule has 1 fully saturated rings. The maximum atomic E-state index is 12.5. The molecule has 0 saturated heterocycles. The van der Waals surface area contributed by atoms with Gasteiger partial charge >= 0.3 is 0 Å². The van der Waals surface area contributed by atoms with E-state index in [0.717, 1.165) is 30.7 Å². The smallest absolute Gasteiger partial charge is 0.257 e. The number of hydrogen-bond acceptors (Lipinski definition) is 4. The summed E-state index contributed by atoms with van der Waals surface area (Å²) in [6.07, 6.45) is 3.63. The second kappa shape index (κ2) is 8.42. The van der Waals surface area contributed by atoms with E-state index in [2.05, 4.69) is 16.5 Å². The molecule has 1 aromatic heterocycles. The van der Waals surface area contributed by atoms with Gasteiger partial charge in [-0.1, -0.05) is 28.9 Å². The third-order valence-corrected chi connectivity index (χ3v) is 5.60. The zero-order valence-electron chi connectivity index (χ0n) is 15.0. The van der Waals surface area contributed by atoms with Gasteiger partial charge in [-0.2, -0.15) is 0 Å². The van der Waals surface area contributed by atoms with Gasteiger partial charge in [0.25, 0.3) is 5.91 Å². The number of amides is 1. The van der Waals surface area contributed by atoms with Crippen LogP contribution in [0.1, 0.15) is 53.1 Å². The molecule has 3 N–H and O–H groups in total. The van der Waals surface area contributed by atoms with Crippen molar-refractivity contribution in [2.75, 3.05) is 6.54 Å². The Morgan fingerprint density at radius 1 is 1.38 bits per heavy atom. The van der Waals surface area contributed by atoms with E-state index in [1.54, 1.807) is 13.8 Å². The highest BCUT2D eigenvalue weighted by atomic mass is 35.5. The number of benzene rings is 1. The third kappa shape index (κ3) is 4.05. The number of nitrogens with two attached hydrogens (primary N) is 1. The summed E-state index contributed by atoms with van der Waals surface area (Å²) in [7, 11) is 0. The third-order valence-electron chi connectivity index (χ3n) is 5.37. The molecule has 1 saturated carbocycles. The fourth-order valence-electron chi connectivity index (χ4n) is 3.81. The summed E-state index contributed by atoms with van der Waals surface area (Å²) in [6, 6.07) is 8.10. The second-order valence-corrected chi connectivity index (χ2v) is 7.38. The number of aryl methyl sites for hydroxylation is 2. The average Bonchev–Trinajstić information content (AvgIpc) is 2.94. The van der Waals surface area contributed by atoms with Gasteiger partial charge in [0.2, 0.25) is 0 Å². The van der Waals surface area contributed by atoms with Gasteiger partial charge in [0.1, 0.15) is 11.3 Å². The lowest BCUT2D eigenvalue weighted by molar-refractivity contribution is 0.0916. The molecule has 0 atom stereocenters. The predicted octanol–water partition coefficient (Wildman–Crippen LogP) is 3.94. The maximum absolute atomic E-state index is 12.5. The molecular formula is C19H25Cl2N3O2. The van der Waals surface area contributed by atoms with Crippen molar-refractivity contribution in [3.63, 3.8) is 0 Å². The fraction of sp³-hybridized carbons (Fsp3) is 0.474. The highest BCUT2D eigenvalue weighted by Crippen LogP contribution is 2.39. The van der Waals surface area contributed by atoms with E-state index in [-0.39, 0.29) is 29.8 Å². The zero-order valence-corrected chi connectivity index (χ0v) is 16.6. The van der Waals surface area contributed by atoms with Crippen LogP contribution in [0.3, 0.4) is 0 Å². The molecular weight excluding hydrogens is 373 g/mol. The van der Waals surface area contributed by atoms with Gasteiger partial charge in [0, 0.05) is 23.0 Å². The summed E-state index contributed by atoms with van der Waals surface area (Å²) < 4.78 is 5.09. The van der Waals surface area contributed by atoms with Gasteiger partial charge in [-0.3, -0.25) is 4.79 Å². The van der Waals surface area contributed by atoms with Crippen LogP contribution in [-0.2, 0) is 5.41 Å². The van der Waals surface area contributed by atoms with Crippen LogP contribution < -0.4 is 11.1 Å². The molecule has 1 heterocycles. The van der Waals surface area contributed by atoms with Crippen molar-refractivity contribution in [3.8, 4) is 0 Å². The van der Waals surface area contributed by atoms with Gasteiger partial charge in [-0.25, -0.2) is 0 Å². The lowest BCUT2D eigenvalue weighted by Gasteiger charge is -2.40. The SMILES string of the molecule is Cc1noc(C)c1C(=O)N[C@H]1CC[C@@](CN)(c2cccc(Cl)c2)CC1.Cl. The van der Waals surface area contributed by atoms with E-state index in [1.165, 1.54) is 5.56 Å². The summed E-state index contributed by atoms with van der Waals surface area (Å²) in [5.41, 5.74) is 8.44. The Morgan fingerprint density at radius 2 is 2.08 bits per heavy atom. The van der Waals surface area contributed by atoms with Crippen molar-refractivity contribution < 1.29 is 9.32 Å². The lowest BCUT2D eigenvalue weighted by Crippen LogP contribution is -2.45. The van der Waals surface area contributed by atoms with E-state index in [9.17, 15) is 4.79 Å². The van der Waals surface area contributed by atoms with Crippen LogP contribution in [0, 0.1) is 13.8 Å². The molecule has 1 aliphatic rings. The fourth-order valence-corrected chi connectivity index (χ4v) is 4.00. The quantitative estimate of drug-likeness (QED) is 0.818. The van der Waals surface area contributed by atoms with Crippen LogP contribution in [0.2, 0.25) is 5.02 Å². The van der Waals surface area contributed by atoms with Crippen molar-refractivity contribution in [3.05, 3.63) is 51.9 Å². The molecule has 0 aliphatic heterocycles. The number of hydrogen-bond donors (Lipinski definition) is 2. The molecule has 142 valence electrons. The number of rotatable bonds is 4. The average molecular weight is 398 g/mol. The van der Waals surface area contributed by atoms with E-state index in [1.807, 2.05) is 18.2 Å². The Labute approximate surface area is 165 Å². The van der Waals surface area contributed by atoms with Crippen LogP contribution in [0.5, 0.6) is 0 Å². The van der Waals surface area contributed by atoms with Crippen molar-refractivity contribution in [1.82, 2.24) is 10.5 Å². The Kier molecular flexibility index (Phi) is 6.72. The largest absolute Gasteiger partial charge is 0.361 e. The first-order valence-electron chi connectivity index (χ1n) is 8.65. The number of carbonyl (C=O) groups excluding carboxylic acids is 1. The summed E-state index contributed by atoms with van der Waals surface area (Å²) in [5.74, 6) is 0.449.